The quantitative estimate of drug-likeness (QED) is 0.467. The predicted molar refractivity (Wildman–Crippen MR) is 63.8 cm³/mol. The van der Waals surface area contributed by atoms with Gasteiger partial charge in [0.15, 0.2) is 0 Å². The molecule has 0 rings (SSSR count). The van der Waals surface area contributed by atoms with Crippen molar-refractivity contribution in [3.63, 3.8) is 0 Å². The molecular weight excluding hydrogens is 240 g/mol. The van der Waals surface area contributed by atoms with Crippen LogP contribution < -0.4 is 11.5 Å². The van der Waals surface area contributed by atoms with Gasteiger partial charge in [0, 0.05) is 12.8 Å². The van der Waals surface area contributed by atoms with E-state index >= 15 is 0 Å². The number of hydrogen-bond acceptors (Lipinski definition) is 6. The largest absolute Gasteiger partial charge is 0.481 e. The van der Waals surface area contributed by atoms with E-state index in [0.29, 0.717) is 0 Å². The fraction of sp³-hybridized carbons (Fsp3) is 0.800. The van der Waals surface area contributed by atoms with Crippen molar-refractivity contribution in [3.8, 4) is 0 Å². The third-order valence-electron chi connectivity index (χ3n) is 2.20. The van der Waals surface area contributed by atoms with E-state index in [1.807, 2.05) is 0 Å². The number of azo groups is 1. The molecule has 0 saturated carbocycles. The minimum atomic E-state index is -1.12. The average Bonchev–Trinajstić information content (AvgIpc) is 2.22. The van der Waals surface area contributed by atoms with Crippen LogP contribution in [-0.4, -0.2) is 33.5 Å². The number of hydrogen-bond donors (Lipinski definition) is 4. The van der Waals surface area contributed by atoms with Gasteiger partial charge in [-0.15, -0.1) is 0 Å². The van der Waals surface area contributed by atoms with E-state index in [4.69, 9.17) is 21.7 Å². The normalized spacial score (nSPS) is 18.2. The van der Waals surface area contributed by atoms with Gasteiger partial charge in [-0.3, -0.25) is 9.59 Å². The first-order chi connectivity index (χ1) is 8.04. The fourth-order valence-corrected chi connectivity index (χ4v) is 1.05. The lowest BCUT2D eigenvalue weighted by atomic mass is 10.1. The lowest BCUT2D eigenvalue weighted by Crippen LogP contribution is -2.38. The fourth-order valence-electron chi connectivity index (χ4n) is 1.05. The van der Waals surface area contributed by atoms with Crippen LogP contribution in [0.25, 0.3) is 0 Å². The van der Waals surface area contributed by atoms with E-state index in [0.717, 1.165) is 0 Å². The Morgan fingerprint density at radius 3 is 1.44 bits per heavy atom. The number of carboxylic acids is 2. The Bertz CT molecular complexity index is 307. The average molecular weight is 260 g/mol. The number of aliphatic carboxylic acids is 2. The summed E-state index contributed by atoms with van der Waals surface area (Å²) in [4.78, 5) is 20.8. The highest BCUT2D eigenvalue weighted by atomic mass is 16.4. The molecule has 2 atom stereocenters. The van der Waals surface area contributed by atoms with Crippen LogP contribution in [0.5, 0.6) is 0 Å². The molecule has 0 aliphatic heterocycles. The highest BCUT2D eigenvalue weighted by Gasteiger charge is 2.23. The molecule has 0 aromatic heterocycles. The van der Waals surface area contributed by atoms with Gasteiger partial charge in [0.25, 0.3) is 0 Å². The summed E-state index contributed by atoms with van der Waals surface area (Å²) in [6, 6.07) is 0. The Morgan fingerprint density at radius 2 is 1.22 bits per heavy atom. The van der Waals surface area contributed by atoms with Crippen LogP contribution in [0.2, 0.25) is 0 Å². The van der Waals surface area contributed by atoms with E-state index in [1.165, 1.54) is 13.8 Å². The van der Waals surface area contributed by atoms with E-state index in [9.17, 15) is 9.59 Å². The minimum absolute atomic E-state index is 0.123. The molecule has 6 N–H and O–H groups in total. The second kappa shape index (κ2) is 6.41. The molecule has 18 heavy (non-hydrogen) atoms. The van der Waals surface area contributed by atoms with Gasteiger partial charge >= 0.3 is 11.9 Å². The van der Waals surface area contributed by atoms with Crippen molar-refractivity contribution in [2.24, 2.45) is 21.7 Å². The summed E-state index contributed by atoms with van der Waals surface area (Å²) in [6.07, 6.45) is 0.00650. The Balaban J connectivity index is 4.40. The highest BCUT2D eigenvalue weighted by Crippen LogP contribution is 2.16. The van der Waals surface area contributed by atoms with Crippen molar-refractivity contribution in [1.29, 1.82) is 0 Å². The molecule has 104 valence electrons. The molecule has 0 radical (unpaired) electrons. The van der Waals surface area contributed by atoms with Crippen LogP contribution in [-0.2, 0) is 9.59 Å². The molecule has 0 bridgehead atoms. The van der Waals surface area contributed by atoms with Gasteiger partial charge in [-0.05, 0) is 26.7 Å². The third-order valence-corrected chi connectivity index (χ3v) is 2.20. The van der Waals surface area contributed by atoms with Crippen molar-refractivity contribution in [2.45, 2.75) is 50.9 Å². The Kier molecular flexibility index (Phi) is 5.86. The zero-order valence-corrected chi connectivity index (χ0v) is 10.6. The van der Waals surface area contributed by atoms with Gasteiger partial charge < -0.3 is 21.7 Å². The zero-order valence-electron chi connectivity index (χ0n) is 10.6. The molecule has 0 aliphatic rings. The molecular formula is C10H20N4O4. The molecule has 8 heteroatoms. The smallest absolute Gasteiger partial charge is 0.303 e. The Morgan fingerprint density at radius 1 is 0.944 bits per heavy atom. The van der Waals surface area contributed by atoms with Crippen LogP contribution in [0.1, 0.15) is 39.5 Å². The second-order valence-electron chi connectivity index (χ2n) is 4.70. The Labute approximate surface area is 105 Å². The van der Waals surface area contributed by atoms with Gasteiger partial charge in [-0.2, -0.15) is 10.2 Å². The number of nitrogens with zero attached hydrogens (tertiary/aromatic N) is 2. The monoisotopic (exact) mass is 260 g/mol. The SMILES string of the molecule is CC(N)(CCC(=O)O)/N=N/C(C)(N)CCC(=O)O. The van der Waals surface area contributed by atoms with Gasteiger partial charge in [-0.25, -0.2) is 0 Å². The highest BCUT2D eigenvalue weighted by molar-refractivity contribution is 5.67. The molecule has 2 unspecified atom stereocenters. The standard InChI is InChI=1S/C10H20N4O4/c1-9(11,5-3-7(15)16)13-14-10(2,12)6-4-8(17)18/h3-6,11-12H2,1-2H3,(H,15,16)(H,17,18)/b14-13+. The van der Waals surface area contributed by atoms with Crippen LogP contribution >= 0.6 is 0 Å². The zero-order chi connectivity index (χ0) is 14.4. The molecule has 0 saturated heterocycles. The maximum absolute atomic E-state index is 10.4. The number of carbonyl (C=O) groups is 2. The molecule has 0 amide bonds. The molecule has 0 aliphatic carbocycles. The van der Waals surface area contributed by atoms with Crippen molar-refractivity contribution in [3.05, 3.63) is 0 Å². The number of nitrogens with two attached hydrogens (primary N) is 2. The first-order valence-electron chi connectivity index (χ1n) is 5.49. The summed E-state index contributed by atoms with van der Waals surface area (Å²) in [6.45, 7) is 3.07. The molecule has 0 aromatic rings. The Hall–Kier alpha value is -1.54. The van der Waals surface area contributed by atoms with Crippen LogP contribution in [0.15, 0.2) is 10.2 Å². The molecule has 0 fully saturated rings. The second-order valence-corrected chi connectivity index (χ2v) is 4.70. The summed E-state index contributed by atoms with van der Waals surface area (Å²) >= 11 is 0. The van der Waals surface area contributed by atoms with Crippen molar-refractivity contribution >= 4 is 11.9 Å². The van der Waals surface area contributed by atoms with Crippen LogP contribution in [0.4, 0.5) is 0 Å². The molecule has 0 spiro atoms. The summed E-state index contributed by atoms with van der Waals surface area (Å²) in [5.41, 5.74) is 9.22. The third kappa shape index (κ3) is 8.59. The van der Waals surface area contributed by atoms with Gasteiger partial charge in [0.2, 0.25) is 0 Å². The van der Waals surface area contributed by atoms with E-state index in [2.05, 4.69) is 10.2 Å². The minimum Gasteiger partial charge on any atom is -0.481 e. The predicted octanol–water partition coefficient (Wildman–Crippen LogP) is 0.518. The van der Waals surface area contributed by atoms with Crippen LogP contribution in [0, 0.1) is 0 Å². The van der Waals surface area contributed by atoms with Gasteiger partial charge in [0.1, 0.15) is 11.3 Å². The topological polar surface area (TPSA) is 151 Å². The van der Waals surface area contributed by atoms with Gasteiger partial charge in [-0.1, -0.05) is 0 Å². The van der Waals surface area contributed by atoms with Crippen molar-refractivity contribution in [2.75, 3.05) is 0 Å². The van der Waals surface area contributed by atoms with Crippen molar-refractivity contribution in [1.82, 2.24) is 0 Å². The molecule has 8 nitrogen and oxygen atoms in total. The number of rotatable bonds is 8. The summed E-state index contributed by atoms with van der Waals surface area (Å²) in [5, 5.41) is 24.7. The molecule has 0 heterocycles. The van der Waals surface area contributed by atoms with Crippen molar-refractivity contribution < 1.29 is 19.8 Å². The maximum Gasteiger partial charge on any atom is 0.303 e. The van der Waals surface area contributed by atoms with E-state index in [1.54, 1.807) is 0 Å². The maximum atomic E-state index is 10.4. The number of carboxylic acid groups (broad SMARTS) is 2. The summed E-state index contributed by atoms with van der Waals surface area (Å²) < 4.78 is 0. The van der Waals surface area contributed by atoms with Crippen LogP contribution in [0.3, 0.4) is 0 Å². The first-order valence-corrected chi connectivity index (χ1v) is 5.49. The van der Waals surface area contributed by atoms with Gasteiger partial charge in [0.05, 0.1) is 0 Å². The summed E-state index contributed by atoms with van der Waals surface area (Å²) in [5.74, 6) is -1.94. The summed E-state index contributed by atoms with van der Waals surface area (Å²) in [7, 11) is 0. The molecule has 0 aromatic carbocycles. The first kappa shape index (κ1) is 16.5. The van der Waals surface area contributed by atoms with E-state index in [-0.39, 0.29) is 25.7 Å². The van der Waals surface area contributed by atoms with E-state index < -0.39 is 23.3 Å². The lowest BCUT2D eigenvalue weighted by molar-refractivity contribution is -0.138. The lowest BCUT2D eigenvalue weighted by Gasteiger charge is -2.22.